The van der Waals surface area contributed by atoms with Crippen LogP contribution in [0.2, 0.25) is 0 Å². The van der Waals surface area contributed by atoms with E-state index in [1.54, 1.807) is 0 Å². The first kappa shape index (κ1) is 16.6. The Balaban J connectivity index is 1.45. The summed E-state index contributed by atoms with van der Waals surface area (Å²) < 4.78 is 0. The smallest absolute Gasteiger partial charge is 0.226 e. The molecular formula is C22H28N2O. The summed E-state index contributed by atoms with van der Waals surface area (Å²) in [7, 11) is 0. The second-order valence-corrected chi connectivity index (χ2v) is 7.60. The van der Waals surface area contributed by atoms with Gasteiger partial charge in [0.15, 0.2) is 0 Å². The van der Waals surface area contributed by atoms with Crippen LogP contribution in [0.15, 0.2) is 42.5 Å². The second-order valence-electron chi connectivity index (χ2n) is 7.60. The molecule has 132 valence electrons. The van der Waals surface area contributed by atoms with Gasteiger partial charge in [0.1, 0.15) is 0 Å². The van der Waals surface area contributed by atoms with Crippen LogP contribution < -0.4 is 0 Å². The molecule has 2 aromatic rings. The van der Waals surface area contributed by atoms with Crippen LogP contribution in [0.5, 0.6) is 0 Å². The van der Waals surface area contributed by atoms with Gasteiger partial charge in [0.05, 0.1) is 5.92 Å². The monoisotopic (exact) mass is 336 g/mol. The van der Waals surface area contributed by atoms with Crippen LogP contribution in [0.4, 0.5) is 0 Å². The Morgan fingerprint density at radius 1 is 0.920 bits per heavy atom. The van der Waals surface area contributed by atoms with Crippen LogP contribution in [0, 0.1) is 5.92 Å². The van der Waals surface area contributed by atoms with Gasteiger partial charge in [-0.2, -0.15) is 0 Å². The molecule has 2 aliphatic rings. The Labute approximate surface area is 150 Å². The molecule has 1 unspecified atom stereocenters. The highest BCUT2D eigenvalue weighted by molar-refractivity contribution is 5.85. The Kier molecular flexibility index (Phi) is 5.02. The Morgan fingerprint density at radius 3 is 2.60 bits per heavy atom. The third-order valence-corrected chi connectivity index (χ3v) is 5.80. The maximum absolute atomic E-state index is 12.9. The number of likely N-dealkylation sites (tertiary alicyclic amines) is 2. The normalized spacial score (nSPS) is 22.2. The summed E-state index contributed by atoms with van der Waals surface area (Å²) in [5, 5.41) is 2.65. The van der Waals surface area contributed by atoms with Crippen molar-refractivity contribution >= 4 is 16.7 Å². The first-order chi connectivity index (χ1) is 12.3. The highest BCUT2D eigenvalue weighted by Crippen LogP contribution is 2.25. The van der Waals surface area contributed by atoms with Crippen molar-refractivity contribution in [2.45, 2.75) is 38.6 Å². The molecule has 2 saturated heterocycles. The third kappa shape index (κ3) is 3.72. The summed E-state index contributed by atoms with van der Waals surface area (Å²) in [6.45, 7) is 4.91. The SMILES string of the molecule is O=C(C1CCCN(Cc2cccc3ccccc23)C1)N1CCCCC1. The minimum atomic E-state index is 0.196. The number of hydrogen-bond donors (Lipinski definition) is 0. The van der Waals surface area contributed by atoms with Crippen molar-refractivity contribution in [3.8, 4) is 0 Å². The maximum atomic E-state index is 12.9. The Morgan fingerprint density at radius 2 is 1.72 bits per heavy atom. The van der Waals surface area contributed by atoms with E-state index in [9.17, 15) is 4.79 Å². The van der Waals surface area contributed by atoms with Crippen molar-refractivity contribution < 1.29 is 4.79 Å². The summed E-state index contributed by atoms with van der Waals surface area (Å²) >= 11 is 0. The highest BCUT2D eigenvalue weighted by atomic mass is 16.2. The Hall–Kier alpha value is -1.87. The summed E-state index contributed by atoms with van der Waals surface area (Å²) in [6.07, 6.45) is 5.83. The predicted octanol–water partition coefficient (Wildman–Crippen LogP) is 4.06. The number of carbonyl (C=O) groups is 1. The lowest BCUT2D eigenvalue weighted by Gasteiger charge is -2.36. The van der Waals surface area contributed by atoms with Crippen molar-refractivity contribution in [2.24, 2.45) is 5.92 Å². The van der Waals surface area contributed by atoms with E-state index in [0.717, 1.165) is 45.6 Å². The molecule has 2 heterocycles. The van der Waals surface area contributed by atoms with E-state index in [1.807, 2.05) is 0 Å². The molecule has 0 bridgehead atoms. The van der Waals surface area contributed by atoms with Crippen molar-refractivity contribution in [1.82, 2.24) is 9.80 Å². The predicted molar refractivity (Wildman–Crippen MR) is 102 cm³/mol. The first-order valence-electron chi connectivity index (χ1n) is 9.79. The van der Waals surface area contributed by atoms with Gasteiger partial charge in [0.2, 0.25) is 5.91 Å². The van der Waals surface area contributed by atoms with Crippen LogP contribution in [0.3, 0.4) is 0 Å². The third-order valence-electron chi connectivity index (χ3n) is 5.80. The lowest BCUT2D eigenvalue weighted by Crippen LogP contribution is -2.46. The second kappa shape index (κ2) is 7.57. The summed E-state index contributed by atoms with van der Waals surface area (Å²) in [4.78, 5) is 17.5. The number of rotatable bonds is 3. The lowest BCUT2D eigenvalue weighted by atomic mass is 9.94. The van der Waals surface area contributed by atoms with Crippen molar-refractivity contribution in [3.63, 3.8) is 0 Å². The molecule has 1 amide bonds. The number of amides is 1. The van der Waals surface area contributed by atoms with Crippen LogP contribution in [0.25, 0.3) is 10.8 Å². The van der Waals surface area contributed by atoms with Gasteiger partial charge < -0.3 is 4.90 Å². The zero-order valence-electron chi connectivity index (χ0n) is 15.0. The van der Waals surface area contributed by atoms with Gasteiger partial charge in [0, 0.05) is 26.2 Å². The molecule has 3 nitrogen and oxygen atoms in total. The lowest BCUT2D eigenvalue weighted by molar-refractivity contribution is -0.138. The van der Waals surface area contributed by atoms with E-state index in [-0.39, 0.29) is 5.92 Å². The van der Waals surface area contributed by atoms with E-state index in [1.165, 1.54) is 35.6 Å². The van der Waals surface area contributed by atoms with Gasteiger partial charge in [-0.05, 0) is 55.0 Å². The van der Waals surface area contributed by atoms with Crippen molar-refractivity contribution in [1.29, 1.82) is 0 Å². The molecule has 0 radical (unpaired) electrons. The highest BCUT2D eigenvalue weighted by Gasteiger charge is 2.29. The van der Waals surface area contributed by atoms with Gasteiger partial charge in [-0.3, -0.25) is 9.69 Å². The minimum Gasteiger partial charge on any atom is -0.342 e. The van der Waals surface area contributed by atoms with Gasteiger partial charge >= 0.3 is 0 Å². The molecule has 2 aliphatic heterocycles. The number of carbonyl (C=O) groups excluding carboxylic acids is 1. The standard InChI is InChI=1S/C22H28N2O/c25-22(24-14-4-1-5-15-24)20-11-7-13-23(17-20)16-19-10-6-9-18-8-2-3-12-21(18)19/h2-3,6,8-10,12,20H,1,4-5,7,11,13-17H2. The molecule has 3 heteroatoms. The average Bonchev–Trinajstić information content (AvgIpc) is 2.69. The van der Waals surface area contributed by atoms with Gasteiger partial charge in [-0.25, -0.2) is 0 Å². The number of benzene rings is 2. The fourth-order valence-corrected chi connectivity index (χ4v) is 4.44. The van der Waals surface area contributed by atoms with Gasteiger partial charge in [0.25, 0.3) is 0 Å². The zero-order chi connectivity index (χ0) is 17.1. The molecule has 0 aliphatic carbocycles. The molecular weight excluding hydrogens is 308 g/mol. The van der Waals surface area contributed by atoms with Crippen LogP contribution in [0.1, 0.15) is 37.7 Å². The molecule has 2 fully saturated rings. The molecule has 25 heavy (non-hydrogen) atoms. The molecule has 2 aromatic carbocycles. The van der Waals surface area contributed by atoms with Crippen molar-refractivity contribution in [3.05, 3.63) is 48.0 Å². The molecule has 0 spiro atoms. The maximum Gasteiger partial charge on any atom is 0.226 e. The topological polar surface area (TPSA) is 23.6 Å². The summed E-state index contributed by atoms with van der Waals surface area (Å²) in [6, 6.07) is 15.2. The van der Waals surface area contributed by atoms with E-state index in [4.69, 9.17) is 0 Å². The molecule has 0 saturated carbocycles. The van der Waals surface area contributed by atoms with E-state index >= 15 is 0 Å². The largest absolute Gasteiger partial charge is 0.342 e. The fourth-order valence-electron chi connectivity index (χ4n) is 4.44. The van der Waals surface area contributed by atoms with E-state index in [2.05, 4.69) is 52.3 Å². The van der Waals surface area contributed by atoms with Gasteiger partial charge in [-0.15, -0.1) is 0 Å². The van der Waals surface area contributed by atoms with Gasteiger partial charge in [-0.1, -0.05) is 42.5 Å². The summed E-state index contributed by atoms with van der Waals surface area (Å²) in [5.41, 5.74) is 1.38. The molecule has 0 N–H and O–H groups in total. The molecule has 1 atom stereocenters. The number of fused-ring (bicyclic) bond motifs is 1. The van der Waals surface area contributed by atoms with E-state index < -0.39 is 0 Å². The zero-order valence-corrected chi connectivity index (χ0v) is 15.0. The summed E-state index contributed by atoms with van der Waals surface area (Å²) in [5.74, 6) is 0.601. The molecule has 4 rings (SSSR count). The van der Waals surface area contributed by atoms with Crippen LogP contribution in [-0.4, -0.2) is 41.9 Å². The Bertz CT molecular complexity index is 730. The molecule has 0 aromatic heterocycles. The van der Waals surface area contributed by atoms with Crippen LogP contribution in [-0.2, 0) is 11.3 Å². The fraction of sp³-hybridized carbons (Fsp3) is 0.500. The average molecular weight is 336 g/mol. The number of hydrogen-bond acceptors (Lipinski definition) is 2. The van der Waals surface area contributed by atoms with E-state index in [0.29, 0.717) is 5.91 Å². The van der Waals surface area contributed by atoms with Crippen LogP contribution >= 0.6 is 0 Å². The number of piperidine rings is 2. The number of nitrogens with zero attached hydrogens (tertiary/aromatic N) is 2. The minimum absolute atomic E-state index is 0.196. The first-order valence-corrected chi connectivity index (χ1v) is 9.79. The quantitative estimate of drug-likeness (QED) is 0.844. The van der Waals surface area contributed by atoms with Crippen molar-refractivity contribution in [2.75, 3.05) is 26.2 Å².